The Morgan fingerprint density at radius 2 is 0.481 bits per heavy atom. The Balaban J connectivity index is 4.28. The summed E-state index contributed by atoms with van der Waals surface area (Å²) in [5, 5.41) is 0. The number of esters is 3. The van der Waals surface area contributed by atoms with Crippen LogP contribution in [0.2, 0.25) is 0 Å². The molecule has 1 atom stereocenters. The van der Waals surface area contributed by atoms with Crippen molar-refractivity contribution < 1.29 is 28.6 Å². The third-order valence-electron chi connectivity index (χ3n) is 15.4. The van der Waals surface area contributed by atoms with Crippen LogP contribution in [0.25, 0.3) is 0 Å². The number of hydrogen-bond donors (Lipinski definition) is 0. The van der Waals surface area contributed by atoms with Gasteiger partial charge in [0, 0.05) is 19.3 Å². The number of carbonyl (C=O) groups is 3. The van der Waals surface area contributed by atoms with Gasteiger partial charge in [0.25, 0.3) is 0 Å². The van der Waals surface area contributed by atoms with E-state index >= 15 is 0 Å². The lowest BCUT2D eigenvalue weighted by Gasteiger charge is -2.18. The molecule has 0 aliphatic rings. The quantitative estimate of drug-likeness (QED) is 0.0261. The van der Waals surface area contributed by atoms with Crippen molar-refractivity contribution in [2.75, 3.05) is 13.2 Å². The Morgan fingerprint density at radius 3 is 0.765 bits per heavy atom. The van der Waals surface area contributed by atoms with Crippen LogP contribution in [0, 0.1) is 0 Å². The van der Waals surface area contributed by atoms with E-state index in [4.69, 9.17) is 14.2 Å². The van der Waals surface area contributed by atoms with E-state index in [1.807, 2.05) is 0 Å². The van der Waals surface area contributed by atoms with Gasteiger partial charge >= 0.3 is 17.9 Å². The molecule has 0 heterocycles. The van der Waals surface area contributed by atoms with Crippen LogP contribution in [0.1, 0.15) is 355 Å². The predicted molar refractivity (Wildman–Crippen MR) is 353 cm³/mol. The summed E-state index contributed by atoms with van der Waals surface area (Å²) < 4.78 is 17.0. The first-order chi connectivity index (χ1) is 40.0. The largest absolute Gasteiger partial charge is 0.462 e. The molecule has 6 nitrogen and oxygen atoms in total. The molecule has 468 valence electrons. The third-order valence-corrected chi connectivity index (χ3v) is 15.4. The Hall–Kier alpha value is -3.41. The van der Waals surface area contributed by atoms with Crippen molar-refractivity contribution in [1.29, 1.82) is 0 Å². The zero-order valence-electron chi connectivity index (χ0n) is 53.8. The first-order valence-electron chi connectivity index (χ1n) is 35.1. The minimum Gasteiger partial charge on any atom is -0.462 e. The summed E-state index contributed by atoms with van der Waals surface area (Å²) in [5.41, 5.74) is 0. The van der Waals surface area contributed by atoms with Crippen LogP contribution >= 0.6 is 0 Å². The predicted octanol–water partition coefficient (Wildman–Crippen LogP) is 24.2. The van der Waals surface area contributed by atoms with Gasteiger partial charge in [0.2, 0.25) is 0 Å². The first kappa shape index (κ1) is 77.6. The fraction of sp³-hybridized carbons (Fsp3) is 0.773. The summed E-state index contributed by atoms with van der Waals surface area (Å²) in [5.74, 6) is -0.897. The highest BCUT2D eigenvalue weighted by molar-refractivity contribution is 5.71. The molecular weight excluding hydrogens is 997 g/mol. The standard InChI is InChI=1S/C75H132O6/c1-4-7-10-13-16-19-22-25-28-31-32-33-34-35-36-37-38-39-40-41-42-45-47-50-53-56-59-62-65-68-74(77)80-71-72(81-75(78)69-66-63-60-57-54-51-48-44-30-27-24-21-18-15-12-9-6-3)70-79-73(76)67-64-61-58-55-52-49-46-43-29-26-23-20-17-14-11-8-5-2/h9,12,18,21-22,25-27,29-32,48,51,72H,4-8,10-11,13-17,19-20,23-24,28,33-47,49-50,52-71H2,1-3H3/b12-9-,21-18-,25-22-,29-26-,30-27-,32-31-,51-48-. The summed E-state index contributed by atoms with van der Waals surface area (Å²) in [7, 11) is 0. The van der Waals surface area contributed by atoms with Gasteiger partial charge in [0.1, 0.15) is 13.2 Å². The van der Waals surface area contributed by atoms with Gasteiger partial charge in [-0.05, 0) is 116 Å². The van der Waals surface area contributed by atoms with Gasteiger partial charge in [-0.25, -0.2) is 0 Å². The number of carbonyl (C=O) groups excluding carboxylic acids is 3. The summed E-state index contributed by atoms with van der Waals surface area (Å²) in [6, 6.07) is 0. The molecule has 6 heteroatoms. The van der Waals surface area contributed by atoms with Crippen molar-refractivity contribution in [3.05, 3.63) is 85.1 Å². The van der Waals surface area contributed by atoms with Gasteiger partial charge in [-0.15, -0.1) is 0 Å². The maximum atomic E-state index is 12.9. The van der Waals surface area contributed by atoms with Gasteiger partial charge in [-0.3, -0.25) is 14.4 Å². The Kier molecular flexibility index (Phi) is 66.2. The molecule has 0 saturated carbocycles. The van der Waals surface area contributed by atoms with Crippen LogP contribution in [0.15, 0.2) is 85.1 Å². The lowest BCUT2D eigenvalue weighted by Crippen LogP contribution is -2.30. The lowest BCUT2D eigenvalue weighted by atomic mass is 10.0. The molecule has 0 N–H and O–H groups in total. The molecule has 0 aromatic carbocycles. The van der Waals surface area contributed by atoms with Gasteiger partial charge in [0.15, 0.2) is 6.10 Å². The van der Waals surface area contributed by atoms with E-state index in [2.05, 4.69) is 106 Å². The number of unbranched alkanes of at least 4 members (excludes halogenated alkanes) is 39. The first-order valence-corrected chi connectivity index (χ1v) is 35.1. The highest BCUT2D eigenvalue weighted by atomic mass is 16.6. The third kappa shape index (κ3) is 67.3. The fourth-order valence-electron chi connectivity index (χ4n) is 10.1. The van der Waals surface area contributed by atoms with Crippen LogP contribution in [0.4, 0.5) is 0 Å². The average molecular weight is 1130 g/mol. The molecule has 0 rings (SSSR count). The van der Waals surface area contributed by atoms with Gasteiger partial charge in [-0.2, -0.15) is 0 Å². The molecule has 81 heavy (non-hydrogen) atoms. The molecule has 1 unspecified atom stereocenters. The van der Waals surface area contributed by atoms with Crippen LogP contribution in [0.5, 0.6) is 0 Å². The molecule has 0 amide bonds. The summed E-state index contributed by atoms with van der Waals surface area (Å²) in [6.45, 7) is 6.53. The van der Waals surface area contributed by atoms with Crippen molar-refractivity contribution in [3.8, 4) is 0 Å². The summed E-state index contributed by atoms with van der Waals surface area (Å²) in [6.07, 6.45) is 91.8. The molecule has 0 fully saturated rings. The summed E-state index contributed by atoms with van der Waals surface area (Å²) in [4.78, 5) is 38.4. The molecule has 0 aliphatic carbocycles. The summed E-state index contributed by atoms with van der Waals surface area (Å²) >= 11 is 0. The normalized spacial score (nSPS) is 12.6. The second kappa shape index (κ2) is 69.1. The van der Waals surface area contributed by atoms with E-state index in [1.54, 1.807) is 0 Å². The van der Waals surface area contributed by atoms with Crippen molar-refractivity contribution in [1.82, 2.24) is 0 Å². The highest BCUT2D eigenvalue weighted by Gasteiger charge is 2.19. The van der Waals surface area contributed by atoms with Crippen molar-refractivity contribution in [2.45, 2.75) is 361 Å². The Morgan fingerprint density at radius 1 is 0.259 bits per heavy atom. The molecule has 0 bridgehead atoms. The SMILES string of the molecule is CC/C=C\C/C=C\C/C=C\C/C=C\CCCCCCC(=O)OC(COC(=O)CCCCCCCCC/C=C\CCCCCCCC)COC(=O)CCCCCCCCCCCCCCCCCCC/C=C\C/C=C\CCCCCCC. The van der Waals surface area contributed by atoms with Gasteiger partial charge < -0.3 is 14.2 Å². The van der Waals surface area contributed by atoms with Gasteiger partial charge in [0.05, 0.1) is 0 Å². The van der Waals surface area contributed by atoms with Crippen LogP contribution in [0.3, 0.4) is 0 Å². The lowest BCUT2D eigenvalue weighted by molar-refractivity contribution is -0.167. The van der Waals surface area contributed by atoms with E-state index in [0.717, 1.165) is 103 Å². The van der Waals surface area contributed by atoms with E-state index in [-0.39, 0.29) is 31.1 Å². The molecule has 0 saturated heterocycles. The topological polar surface area (TPSA) is 78.9 Å². The second-order valence-corrected chi connectivity index (χ2v) is 23.4. The monoisotopic (exact) mass is 1130 g/mol. The minimum atomic E-state index is -0.792. The molecule has 0 aromatic heterocycles. The maximum Gasteiger partial charge on any atom is 0.306 e. The van der Waals surface area contributed by atoms with Crippen molar-refractivity contribution in [2.24, 2.45) is 0 Å². The van der Waals surface area contributed by atoms with E-state index in [1.165, 1.54) is 212 Å². The van der Waals surface area contributed by atoms with E-state index < -0.39 is 6.10 Å². The molecule has 0 radical (unpaired) electrons. The second-order valence-electron chi connectivity index (χ2n) is 23.4. The minimum absolute atomic E-state index is 0.0854. The number of rotatable bonds is 64. The smallest absolute Gasteiger partial charge is 0.306 e. The van der Waals surface area contributed by atoms with Gasteiger partial charge in [-0.1, -0.05) is 305 Å². The number of ether oxygens (including phenoxy) is 3. The number of allylic oxidation sites excluding steroid dienone is 14. The molecule has 0 aromatic rings. The van der Waals surface area contributed by atoms with Crippen LogP contribution < -0.4 is 0 Å². The maximum absolute atomic E-state index is 12.9. The van der Waals surface area contributed by atoms with Crippen molar-refractivity contribution in [3.63, 3.8) is 0 Å². The molecular formula is C75H132O6. The van der Waals surface area contributed by atoms with E-state index in [9.17, 15) is 14.4 Å². The van der Waals surface area contributed by atoms with Crippen LogP contribution in [-0.2, 0) is 28.6 Å². The van der Waals surface area contributed by atoms with E-state index in [0.29, 0.717) is 19.3 Å². The van der Waals surface area contributed by atoms with Crippen molar-refractivity contribution >= 4 is 17.9 Å². The average Bonchev–Trinajstić information content (AvgIpc) is 3.47. The Labute approximate surface area is 503 Å². The number of hydrogen-bond acceptors (Lipinski definition) is 6. The highest BCUT2D eigenvalue weighted by Crippen LogP contribution is 2.17. The fourth-order valence-corrected chi connectivity index (χ4v) is 10.1. The Bertz CT molecular complexity index is 1530. The zero-order chi connectivity index (χ0) is 58.5. The van der Waals surface area contributed by atoms with Crippen LogP contribution in [-0.4, -0.2) is 37.2 Å². The zero-order valence-corrected chi connectivity index (χ0v) is 53.8. The molecule has 0 spiro atoms. The molecule has 0 aliphatic heterocycles.